The first-order valence-corrected chi connectivity index (χ1v) is 7.85. The van der Waals surface area contributed by atoms with E-state index in [2.05, 4.69) is 16.4 Å². The fraction of sp³-hybridized carbons (Fsp3) is 0.150. The molecule has 4 heteroatoms. The summed E-state index contributed by atoms with van der Waals surface area (Å²) < 4.78 is 0. The van der Waals surface area contributed by atoms with Crippen LogP contribution in [0.2, 0.25) is 0 Å². The van der Waals surface area contributed by atoms with Gasteiger partial charge < -0.3 is 5.32 Å². The summed E-state index contributed by atoms with van der Waals surface area (Å²) in [5, 5.41) is 13.6. The topological polar surface area (TPSA) is 65.8 Å². The number of nitrogens with one attached hydrogen (secondary N) is 1. The lowest BCUT2D eigenvalue weighted by Crippen LogP contribution is -2.35. The molecule has 0 unspecified atom stereocenters. The molecule has 1 heterocycles. The summed E-state index contributed by atoms with van der Waals surface area (Å²) in [4.78, 5) is 17.3. The number of anilines is 1. The molecule has 3 aromatic rings. The number of amides is 1. The van der Waals surface area contributed by atoms with Crippen molar-refractivity contribution in [1.29, 1.82) is 5.26 Å². The van der Waals surface area contributed by atoms with Crippen LogP contribution in [-0.4, -0.2) is 10.9 Å². The summed E-state index contributed by atoms with van der Waals surface area (Å²) in [6.07, 6.45) is 2.59. The second-order valence-corrected chi connectivity index (χ2v) is 6.15. The molecule has 1 aliphatic rings. The van der Waals surface area contributed by atoms with Crippen molar-refractivity contribution >= 4 is 22.5 Å². The van der Waals surface area contributed by atoms with E-state index in [-0.39, 0.29) is 5.91 Å². The van der Waals surface area contributed by atoms with Crippen molar-refractivity contribution in [2.24, 2.45) is 5.41 Å². The average molecular weight is 313 g/mol. The molecule has 0 saturated heterocycles. The number of aromatic nitrogens is 1. The smallest absolute Gasteiger partial charge is 0.245 e. The number of benzene rings is 2. The van der Waals surface area contributed by atoms with Gasteiger partial charge in [-0.15, -0.1) is 0 Å². The van der Waals surface area contributed by atoms with Crippen LogP contribution in [0.3, 0.4) is 0 Å². The minimum absolute atomic E-state index is 0.264. The summed E-state index contributed by atoms with van der Waals surface area (Å²) in [5.74, 6) is -0.264. The molecule has 1 aliphatic carbocycles. The highest BCUT2D eigenvalue weighted by molar-refractivity contribution is 6.04. The molecular formula is C20H15N3O. The first kappa shape index (κ1) is 14.4. The van der Waals surface area contributed by atoms with Gasteiger partial charge in [0.25, 0.3) is 0 Å². The van der Waals surface area contributed by atoms with Crippen molar-refractivity contribution in [3.05, 3.63) is 71.9 Å². The molecule has 1 amide bonds. The number of hydrogen-bond donors (Lipinski definition) is 1. The average Bonchev–Trinajstić information content (AvgIpc) is 3.02. The van der Waals surface area contributed by atoms with E-state index in [1.165, 1.54) is 0 Å². The fourth-order valence-electron chi connectivity index (χ4n) is 3.35. The van der Waals surface area contributed by atoms with E-state index in [1.807, 2.05) is 54.6 Å². The van der Waals surface area contributed by atoms with Crippen molar-refractivity contribution in [3.8, 4) is 6.07 Å². The quantitative estimate of drug-likeness (QED) is 0.787. The Morgan fingerprint density at radius 1 is 1.04 bits per heavy atom. The molecule has 4 nitrogen and oxygen atoms in total. The SMILES string of the molecule is N#CC1(C(=O)Nc2cccc3cccnc23)Cc2ccccc2C1. The molecule has 0 fully saturated rings. The lowest BCUT2D eigenvalue weighted by molar-refractivity contribution is -0.122. The Kier molecular flexibility index (Phi) is 3.28. The van der Waals surface area contributed by atoms with E-state index in [4.69, 9.17) is 0 Å². The van der Waals surface area contributed by atoms with Gasteiger partial charge >= 0.3 is 0 Å². The lowest BCUT2D eigenvalue weighted by atomic mass is 9.85. The third-order valence-corrected chi connectivity index (χ3v) is 4.63. The minimum atomic E-state index is -1.05. The zero-order chi connectivity index (χ0) is 16.6. The van der Waals surface area contributed by atoms with Crippen LogP contribution in [0, 0.1) is 16.7 Å². The van der Waals surface area contributed by atoms with Gasteiger partial charge in [-0.25, -0.2) is 0 Å². The van der Waals surface area contributed by atoms with E-state index in [0.717, 1.165) is 22.0 Å². The zero-order valence-electron chi connectivity index (χ0n) is 13.0. The lowest BCUT2D eigenvalue weighted by Gasteiger charge is -2.20. The molecule has 0 atom stereocenters. The second-order valence-electron chi connectivity index (χ2n) is 6.15. The Labute approximate surface area is 139 Å². The number of hydrogen-bond acceptors (Lipinski definition) is 3. The van der Waals surface area contributed by atoms with Crippen molar-refractivity contribution in [1.82, 2.24) is 4.98 Å². The van der Waals surface area contributed by atoms with Gasteiger partial charge in [-0.05, 0) is 23.3 Å². The summed E-state index contributed by atoms with van der Waals surface area (Å²) in [5.41, 5.74) is 2.47. The number of carbonyl (C=O) groups is 1. The number of nitriles is 1. The van der Waals surface area contributed by atoms with Crippen LogP contribution in [0.4, 0.5) is 5.69 Å². The Balaban J connectivity index is 1.68. The Bertz CT molecular complexity index is 957. The molecule has 1 N–H and O–H groups in total. The molecule has 24 heavy (non-hydrogen) atoms. The minimum Gasteiger partial charge on any atom is -0.323 e. The van der Waals surface area contributed by atoms with E-state index in [9.17, 15) is 10.1 Å². The number of carbonyl (C=O) groups excluding carboxylic acids is 1. The molecule has 0 saturated carbocycles. The van der Waals surface area contributed by atoms with Gasteiger partial charge in [0.15, 0.2) is 0 Å². The number of pyridine rings is 1. The number of fused-ring (bicyclic) bond motifs is 2. The molecule has 4 rings (SSSR count). The van der Waals surface area contributed by atoms with Crippen LogP contribution >= 0.6 is 0 Å². The molecule has 0 aliphatic heterocycles. The predicted molar refractivity (Wildman–Crippen MR) is 92.3 cm³/mol. The molecular weight excluding hydrogens is 298 g/mol. The third kappa shape index (κ3) is 2.22. The van der Waals surface area contributed by atoms with E-state index in [1.54, 1.807) is 6.20 Å². The first-order valence-electron chi connectivity index (χ1n) is 7.85. The van der Waals surface area contributed by atoms with E-state index in [0.29, 0.717) is 18.5 Å². The molecule has 116 valence electrons. The van der Waals surface area contributed by atoms with Crippen LogP contribution in [0.25, 0.3) is 10.9 Å². The first-order chi connectivity index (χ1) is 11.7. The fourth-order valence-corrected chi connectivity index (χ4v) is 3.35. The van der Waals surface area contributed by atoms with Gasteiger partial charge in [-0.2, -0.15) is 5.26 Å². The van der Waals surface area contributed by atoms with Crippen LogP contribution in [0.15, 0.2) is 60.8 Å². The highest BCUT2D eigenvalue weighted by atomic mass is 16.2. The summed E-state index contributed by atoms with van der Waals surface area (Å²) in [6, 6.07) is 19.6. The van der Waals surface area contributed by atoms with Crippen molar-refractivity contribution in [3.63, 3.8) is 0 Å². The van der Waals surface area contributed by atoms with Crippen molar-refractivity contribution in [2.45, 2.75) is 12.8 Å². The molecule has 0 bridgehead atoms. The summed E-state index contributed by atoms with van der Waals surface area (Å²) >= 11 is 0. The Morgan fingerprint density at radius 3 is 2.46 bits per heavy atom. The van der Waals surface area contributed by atoms with E-state index >= 15 is 0 Å². The van der Waals surface area contributed by atoms with Gasteiger partial charge in [0, 0.05) is 24.4 Å². The van der Waals surface area contributed by atoms with Gasteiger partial charge in [0.05, 0.1) is 17.3 Å². The maximum absolute atomic E-state index is 12.9. The number of rotatable bonds is 2. The molecule has 0 radical (unpaired) electrons. The standard InChI is InChI=1S/C20H15N3O/c21-13-20(11-15-5-1-2-6-16(15)12-20)19(24)23-17-9-3-7-14-8-4-10-22-18(14)17/h1-10H,11-12H2,(H,23,24). The molecule has 0 spiro atoms. The van der Waals surface area contributed by atoms with Crippen molar-refractivity contribution in [2.75, 3.05) is 5.32 Å². The molecule has 2 aromatic carbocycles. The second kappa shape index (κ2) is 5.47. The van der Waals surface area contributed by atoms with Gasteiger partial charge in [-0.1, -0.05) is 42.5 Å². The Hall–Kier alpha value is -3.19. The van der Waals surface area contributed by atoms with Gasteiger partial charge in [-0.3, -0.25) is 9.78 Å². The monoisotopic (exact) mass is 313 g/mol. The predicted octanol–water partition coefficient (Wildman–Crippen LogP) is 3.48. The van der Waals surface area contributed by atoms with Gasteiger partial charge in [0.2, 0.25) is 5.91 Å². The largest absolute Gasteiger partial charge is 0.323 e. The number of para-hydroxylation sites is 1. The summed E-state index contributed by atoms with van der Waals surface area (Å²) in [7, 11) is 0. The highest BCUT2D eigenvalue weighted by Gasteiger charge is 2.44. The Morgan fingerprint density at radius 2 is 1.75 bits per heavy atom. The summed E-state index contributed by atoms with van der Waals surface area (Å²) in [6.45, 7) is 0. The van der Waals surface area contributed by atoms with Crippen LogP contribution in [0.1, 0.15) is 11.1 Å². The van der Waals surface area contributed by atoms with Crippen molar-refractivity contribution < 1.29 is 4.79 Å². The zero-order valence-corrected chi connectivity index (χ0v) is 13.0. The number of nitrogens with zero attached hydrogens (tertiary/aromatic N) is 2. The van der Waals surface area contributed by atoms with Crippen LogP contribution in [0.5, 0.6) is 0 Å². The van der Waals surface area contributed by atoms with Crippen LogP contribution in [-0.2, 0) is 17.6 Å². The maximum atomic E-state index is 12.9. The normalized spacial score (nSPS) is 14.8. The maximum Gasteiger partial charge on any atom is 0.245 e. The van der Waals surface area contributed by atoms with E-state index < -0.39 is 5.41 Å². The third-order valence-electron chi connectivity index (χ3n) is 4.63. The van der Waals surface area contributed by atoms with Gasteiger partial charge in [0.1, 0.15) is 5.41 Å². The highest BCUT2D eigenvalue weighted by Crippen LogP contribution is 2.38. The molecule has 1 aromatic heterocycles. The van der Waals surface area contributed by atoms with Crippen LogP contribution < -0.4 is 5.32 Å².